The molecule has 1 atom stereocenters. The van der Waals surface area contributed by atoms with Crippen molar-refractivity contribution in [2.75, 3.05) is 37.6 Å². The highest BCUT2D eigenvalue weighted by Gasteiger charge is 2.27. The third kappa shape index (κ3) is 7.17. The summed E-state index contributed by atoms with van der Waals surface area (Å²) in [5, 5.41) is 0. The number of hydroxylamine groups is 1. The average Bonchev–Trinajstić information content (AvgIpc) is 2.93. The van der Waals surface area contributed by atoms with Gasteiger partial charge in [0.15, 0.2) is 0 Å². The molecule has 0 unspecified atom stereocenters. The first kappa shape index (κ1) is 25.0. The quantitative estimate of drug-likeness (QED) is 0.295. The first-order valence-electron chi connectivity index (χ1n) is 12.8. The highest BCUT2D eigenvalue weighted by Crippen LogP contribution is 2.24. The molecule has 0 saturated carbocycles. The second-order valence-corrected chi connectivity index (χ2v) is 9.19. The summed E-state index contributed by atoms with van der Waals surface area (Å²) in [4.78, 5) is 23.4. The summed E-state index contributed by atoms with van der Waals surface area (Å²) in [6.07, 6.45) is 3.02. The number of unbranched alkanes of at least 4 members (excludes halogenated alkanes) is 1. The summed E-state index contributed by atoms with van der Waals surface area (Å²) >= 11 is 0. The number of carbonyl (C=O) groups excluding carboxylic acids is 1. The summed E-state index contributed by atoms with van der Waals surface area (Å²) in [5.74, 6) is 0.191. The smallest absolute Gasteiger partial charge is 0.227 e. The Morgan fingerprint density at radius 1 is 0.857 bits per heavy atom. The third-order valence-electron chi connectivity index (χ3n) is 6.70. The summed E-state index contributed by atoms with van der Waals surface area (Å²) < 4.78 is 0. The van der Waals surface area contributed by atoms with Crippen molar-refractivity contribution in [3.8, 4) is 11.1 Å². The maximum atomic E-state index is 13.3. The minimum absolute atomic E-state index is 0.0533. The molecule has 5 nitrogen and oxygen atoms in total. The van der Waals surface area contributed by atoms with Crippen molar-refractivity contribution in [2.24, 2.45) is 5.92 Å². The molecule has 5 heteroatoms. The number of anilines is 1. The fraction of sp³-hybridized carbons (Fsp3) is 0.367. The molecular weight excluding hydrogens is 434 g/mol. The lowest BCUT2D eigenvalue weighted by molar-refractivity contribution is -0.137. The van der Waals surface area contributed by atoms with E-state index in [-0.39, 0.29) is 11.8 Å². The number of hydrogen-bond donors (Lipinski definition) is 1. The number of amides is 1. The van der Waals surface area contributed by atoms with Gasteiger partial charge >= 0.3 is 0 Å². The third-order valence-corrected chi connectivity index (χ3v) is 6.70. The van der Waals surface area contributed by atoms with Gasteiger partial charge in [0.05, 0.1) is 12.5 Å². The summed E-state index contributed by atoms with van der Waals surface area (Å²) in [6.45, 7) is 6.44. The zero-order valence-electron chi connectivity index (χ0n) is 20.7. The van der Waals surface area contributed by atoms with Gasteiger partial charge in [-0.1, -0.05) is 92.6 Å². The predicted octanol–water partition coefficient (Wildman–Crippen LogP) is 5.53. The van der Waals surface area contributed by atoms with E-state index in [1.165, 1.54) is 16.8 Å². The maximum absolute atomic E-state index is 13.3. The zero-order chi connectivity index (χ0) is 24.3. The first-order chi connectivity index (χ1) is 17.2. The number of hydrogen-bond acceptors (Lipinski definition) is 4. The second-order valence-electron chi connectivity index (χ2n) is 9.19. The van der Waals surface area contributed by atoms with Crippen molar-refractivity contribution in [2.45, 2.75) is 32.8 Å². The standard InChI is InChI=1S/C30H37N3O2/c1-2-3-12-28(23-31-35-24-25-10-6-4-7-11-25)30(34)33-21-19-32(20-22-33)29-17-15-27(16-18-29)26-13-8-5-9-14-26/h4-11,13-18,28,31H,2-3,12,19-24H2,1H3/t28-/m0/s1. The van der Waals surface area contributed by atoms with Gasteiger partial charge in [0, 0.05) is 38.4 Å². The number of nitrogens with one attached hydrogen (secondary N) is 1. The van der Waals surface area contributed by atoms with Crippen LogP contribution in [0.25, 0.3) is 11.1 Å². The Morgan fingerprint density at radius 2 is 1.49 bits per heavy atom. The van der Waals surface area contributed by atoms with Crippen LogP contribution in [0.4, 0.5) is 5.69 Å². The van der Waals surface area contributed by atoms with E-state index in [1.807, 2.05) is 41.3 Å². The molecule has 1 N–H and O–H groups in total. The summed E-state index contributed by atoms with van der Waals surface area (Å²) in [5.41, 5.74) is 7.85. The lowest BCUT2D eigenvalue weighted by Crippen LogP contribution is -2.51. The molecule has 1 aliphatic rings. The molecule has 35 heavy (non-hydrogen) atoms. The fourth-order valence-electron chi connectivity index (χ4n) is 4.57. The maximum Gasteiger partial charge on any atom is 0.227 e. The minimum Gasteiger partial charge on any atom is -0.368 e. The van der Waals surface area contributed by atoms with E-state index in [0.717, 1.165) is 51.0 Å². The molecule has 0 aliphatic carbocycles. The average molecular weight is 472 g/mol. The van der Waals surface area contributed by atoms with Crippen molar-refractivity contribution < 1.29 is 9.63 Å². The number of benzene rings is 3. The highest BCUT2D eigenvalue weighted by atomic mass is 16.6. The van der Waals surface area contributed by atoms with Crippen molar-refractivity contribution in [3.05, 3.63) is 90.5 Å². The van der Waals surface area contributed by atoms with E-state index in [4.69, 9.17) is 4.84 Å². The van der Waals surface area contributed by atoms with Gasteiger partial charge in [0.25, 0.3) is 0 Å². The van der Waals surface area contributed by atoms with Crippen molar-refractivity contribution in [1.82, 2.24) is 10.4 Å². The van der Waals surface area contributed by atoms with E-state index in [2.05, 4.69) is 65.8 Å². The van der Waals surface area contributed by atoms with Gasteiger partial charge in [-0.25, -0.2) is 5.48 Å². The molecule has 184 valence electrons. The molecule has 1 fully saturated rings. The second kappa shape index (κ2) is 13.1. The lowest BCUT2D eigenvalue weighted by Gasteiger charge is -2.37. The fourth-order valence-corrected chi connectivity index (χ4v) is 4.57. The molecule has 0 spiro atoms. The van der Waals surface area contributed by atoms with Crippen LogP contribution in [0.5, 0.6) is 0 Å². The minimum atomic E-state index is -0.0533. The van der Waals surface area contributed by atoms with Crippen molar-refractivity contribution in [1.29, 1.82) is 0 Å². The van der Waals surface area contributed by atoms with Crippen LogP contribution in [0.3, 0.4) is 0 Å². The van der Waals surface area contributed by atoms with Crippen LogP contribution < -0.4 is 10.4 Å². The van der Waals surface area contributed by atoms with Crippen LogP contribution in [-0.4, -0.2) is 43.5 Å². The molecule has 0 radical (unpaired) electrons. The number of piperazine rings is 1. The van der Waals surface area contributed by atoms with Crippen LogP contribution in [-0.2, 0) is 16.2 Å². The molecule has 0 bridgehead atoms. The van der Waals surface area contributed by atoms with E-state index in [9.17, 15) is 4.79 Å². The SMILES string of the molecule is CCCC[C@@H](CNOCc1ccccc1)C(=O)N1CCN(c2ccc(-c3ccccc3)cc2)CC1. The Kier molecular flexibility index (Phi) is 9.32. The van der Waals surface area contributed by atoms with Crippen LogP contribution in [0, 0.1) is 5.92 Å². The van der Waals surface area contributed by atoms with Crippen LogP contribution in [0.1, 0.15) is 31.7 Å². The monoisotopic (exact) mass is 471 g/mol. The van der Waals surface area contributed by atoms with Crippen LogP contribution in [0.15, 0.2) is 84.9 Å². The Balaban J connectivity index is 1.27. The van der Waals surface area contributed by atoms with Gasteiger partial charge in [0.1, 0.15) is 0 Å². The zero-order valence-corrected chi connectivity index (χ0v) is 20.7. The molecule has 1 aliphatic heterocycles. The van der Waals surface area contributed by atoms with Crippen molar-refractivity contribution >= 4 is 11.6 Å². The molecule has 0 aromatic heterocycles. The summed E-state index contributed by atoms with van der Waals surface area (Å²) in [6, 6.07) is 29.3. The van der Waals surface area contributed by atoms with E-state index in [1.54, 1.807) is 0 Å². The Labute approximate surface area is 209 Å². The van der Waals surface area contributed by atoms with Crippen LogP contribution in [0.2, 0.25) is 0 Å². The van der Waals surface area contributed by atoms with Crippen LogP contribution >= 0.6 is 0 Å². The number of carbonyl (C=O) groups is 1. The lowest BCUT2D eigenvalue weighted by atomic mass is 10.00. The van der Waals surface area contributed by atoms with Gasteiger partial charge in [-0.05, 0) is 35.2 Å². The van der Waals surface area contributed by atoms with Gasteiger partial charge in [0.2, 0.25) is 5.91 Å². The normalized spacial score (nSPS) is 14.7. The molecule has 3 aromatic carbocycles. The molecule has 1 heterocycles. The molecule has 3 aromatic rings. The summed E-state index contributed by atoms with van der Waals surface area (Å²) in [7, 11) is 0. The number of nitrogens with zero attached hydrogens (tertiary/aromatic N) is 2. The molecule has 4 rings (SSSR count). The van der Waals surface area contributed by atoms with E-state index >= 15 is 0 Å². The van der Waals surface area contributed by atoms with Gasteiger partial charge in [-0.3, -0.25) is 9.63 Å². The molecular formula is C30H37N3O2. The van der Waals surface area contributed by atoms with Crippen molar-refractivity contribution in [3.63, 3.8) is 0 Å². The van der Waals surface area contributed by atoms with Gasteiger partial charge in [-0.15, -0.1) is 0 Å². The highest BCUT2D eigenvalue weighted by molar-refractivity contribution is 5.79. The van der Waals surface area contributed by atoms with E-state index < -0.39 is 0 Å². The Bertz CT molecular complexity index is 1020. The number of rotatable bonds is 11. The Morgan fingerprint density at radius 3 is 2.14 bits per heavy atom. The first-order valence-corrected chi connectivity index (χ1v) is 12.8. The predicted molar refractivity (Wildman–Crippen MR) is 143 cm³/mol. The molecule has 1 saturated heterocycles. The van der Waals surface area contributed by atoms with Gasteiger partial charge in [-0.2, -0.15) is 0 Å². The largest absolute Gasteiger partial charge is 0.368 e. The Hall–Kier alpha value is -3.15. The van der Waals surface area contributed by atoms with E-state index in [0.29, 0.717) is 13.2 Å². The van der Waals surface area contributed by atoms with Gasteiger partial charge < -0.3 is 9.80 Å². The topological polar surface area (TPSA) is 44.8 Å². The molecule has 1 amide bonds.